The van der Waals surface area contributed by atoms with Gasteiger partial charge in [0, 0.05) is 28.8 Å². The van der Waals surface area contributed by atoms with Crippen LogP contribution in [0.3, 0.4) is 0 Å². The number of rotatable bonds is 6. The van der Waals surface area contributed by atoms with E-state index in [0.29, 0.717) is 17.0 Å². The van der Waals surface area contributed by atoms with E-state index in [1.54, 1.807) is 43.5 Å². The van der Waals surface area contributed by atoms with Crippen molar-refractivity contribution < 1.29 is 19.1 Å². The summed E-state index contributed by atoms with van der Waals surface area (Å²) < 4.78 is 12.3. The molecule has 0 unspecified atom stereocenters. The summed E-state index contributed by atoms with van der Waals surface area (Å²) >= 11 is 0. The summed E-state index contributed by atoms with van der Waals surface area (Å²) in [4.78, 5) is 24.2. The molecule has 1 aromatic heterocycles. The first kappa shape index (κ1) is 19.2. The molecule has 0 saturated heterocycles. The van der Waals surface area contributed by atoms with E-state index in [-0.39, 0.29) is 6.61 Å². The Hall–Kier alpha value is -3.54. The molecule has 0 aliphatic rings. The number of hydrogen-bond donors (Lipinski definition) is 1. The van der Waals surface area contributed by atoms with Gasteiger partial charge in [-0.15, -0.1) is 0 Å². The summed E-state index contributed by atoms with van der Waals surface area (Å²) in [7, 11) is 1.55. The molecular formula is C22H22N2O4. The van der Waals surface area contributed by atoms with Crippen LogP contribution in [0.5, 0.6) is 5.75 Å². The maximum atomic E-state index is 12.2. The van der Waals surface area contributed by atoms with Crippen molar-refractivity contribution in [3.8, 4) is 11.4 Å². The van der Waals surface area contributed by atoms with Crippen LogP contribution in [0.25, 0.3) is 5.69 Å². The van der Waals surface area contributed by atoms with E-state index in [9.17, 15) is 9.59 Å². The quantitative estimate of drug-likeness (QED) is 0.661. The molecule has 1 N–H and O–H groups in total. The number of nitrogens with zero attached hydrogens (tertiary/aromatic N) is 1. The number of benzene rings is 2. The highest BCUT2D eigenvalue weighted by molar-refractivity contribution is 5.95. The van der Waals surface area contributed by atoms with Crippen LogP contribution in [0.15, 0.2) is 60.7 Å². The summed E-state index contributed by atoms with van der Waals surface area (Å²) in [5.41, 5.74) is 4.15. The summed E-state index contributed by atoms with van der Waals surface area (Å²) in [6.45, 7) is 3.68. The first-order chi connectivity index (χ1) is 13.5. The second-order valence-corrected chi connectivity index (χ2v) is 6.35. The predicted octanol–water partition coefficient (Wildman–Crippen LogP) is 3.90. The minimum atomic E-state index is -0.548. The standard InChI is InChI=1S/C22H22N2O4/c1-15-7-8-16(2)24(15)19-11-9-17(10-12-19)22(26)28-14-21(25)23-18-5-4-6-20(13-18)27-3/h4-13H,14H2,1-3H3,(H,23,25). The van der Waals surface area contributed by atoms with Gasteiger partial charge in [-0.25, -0.2) is 4.79 Å². The number of hydrogen-bond acceptors (Lipinski definition) is 4. The van der Waals surface area contributed by atoms with Crippen molar-refractivity contribution in [2.45, 2.75) is 13.8 Å². The lowest BCUT2D eigenvalue weighted by Gasteiger charge is -2.10. The van der Waals surface area contributed by atoms with Gasteiger partial charge in [0.05, 0.1) is 12.7 Å². The normalized spacial score (nSPS) is 10.4. The van der Waals surface area contributed by atoms with Gasteiger partial charge in [-0.1, -0.05) is 6.07 Å². The van der Waals surface area contributed by atoms with E-state index in [0.717, 1.165) is 17.1 Å². The fourth-order valence-electron chi connectivity index (χ4n) is 2.93. The van der Waals surface area contributed by atoms with Gasteiger partial charge >= 0.3 is 5.97 Å². The van der Waals surface area contributed by atoms with Crippen LogP contribution in [0.2, 0.25) is 0 Å². The molecule has 0 spiro atoms. The number of methoxy groups -OCH3 is 1. The van der Waals surface area contributed by atoms with E-state index in [4.69, 9.17) is 9.47 Å². The zero-order valence-electron chi connectivity index (χ0n) is 16.1. The zero-order valence-corrected chi connectivity index (χ0v) is 16.1. The molecule has 0 aliphatic carbocycles. The third-order valence-corrected chi connectivity index (χ3v) is 4.32. The van der Waals surface area contributed by atoms with Gasteiger partial charge in [0.1, 0.15) is 5.75 Å². The molecule has 3 aromatic rings. The van der Waals surface area contributed by atoms with E-state index in [1.807, 2.05) is 38.1 Å². The lowest BCUT2D eigenvalue weighted by molar-refractivity contribution is -0.119. The lowest BCUT2D eigenvalue weighted by atomic mass is 10.2. The Balaban J connectivity index is 1.58. The lowest BCUT2D eigenvalue weighted by Crippen LogP contribution is -2.21. The van der Waals surface area contributed by atoms with E-state index in [1.165, 1.54) is 0 Å². The first-order valence-corrected chi connectivity index (χ1v) is 8.84. The van der Waals surface area contributed by atoms with Gasteiger partial charge in [-0.3, -0.25) is 4.79 Å². The molecule has 2 aromatic carbocycles. The second-order valence-electron chi connectivity index (χ2n) is 6.35. The fraction of sp³-hybridized carbons (Fsp3) is 0.182. The molecule has 28 heavy (non-hydrogen) atoms. The number of anilines is 1. The fourth-order valence-corrected chi connectivity index (χ4v) is 2.93. The maximum absolute atomic E-state index is 12.2. The van der Waals surface area contributed by atoms with Gasteiger partial charge in [0.2, 0.25) is 0 Å². The minimum Gasteiger partial charge on any atom is -0.497 e. The molecule has 0 radical (unpaired) electrons. The van der Waals surface area contributed by atoms with E-state index < -0.39 is 11.9 Å². The number of carbonyl (C=O) groups excluding carboxylic acids is 2. The number of nitrogens with one attached hydrogen (secondary N) is 1. The van der Waals surface area contributed by atoms with Gasteiger partial charge < -0.3 is 19.4 Å². The number of amides is 1. The first-order valence-electron chi connectivity index (χ1n) is 8.84. The van der Waals surface area contributed by atoms with Crippen LogP contribution in [0.1, 0.15) is 21.7 Å². The van der Waals surface area contributed by atoms with Crippen molar-refractivity contribution in [3.63, 3.8) is 0 Å². The van der Waals surface area contributed by atoms with Gasteiger partial charge in [0.15, 0.2) is 6.61 Å². The van der Waals surface area contributed by atoms with Crippen molar-refractivity contribution in [1.82, 2.24) is 4.57 Å². The van der Waals surface area contributed by atoms with E-state index in [2.05, 4.69) is 9.88 Å². The smallest absolute Gasteiger partial charge is 0.338 e. The largest absolute Gasteiger partial charge is 0.497 e. The molecule has 1 amide bonds. The SMILES string of the molecule is COc1cccc(NC(=O)COC(=O)c2ccc(-n3c(C)ccc3C)cc2)c1. The minimum absolute atomic E-state index is 0.367. The van der Waals surface area contributed by atoms with Crippen LogP contribution in [-0.4, -0.2) is 30.2 Å². The number of esters is 1. The Morgan fingerprint density at radius 2 is 1.64 bits per heavy atom. The molecule has 6 nitrogen and oxygen atoms in total. The maximum Gasteiger partial charge on any atom is 0.338 e. The van der Waals surface area contributed by atoms with Gasteiger partial charge in [0.25, 0.3) is 5.91 Å². The van der Waals surface area contributed by atoms with Crippen molar-refractivity contribution in [3.05, 3.63) is 77.6 Å². The van der Waals surface area contributed by atoms with Crippen LogP contribution >= 0.6 is 0 Å². The van der Waals surface area contributed by atoms with Crippen LogP contribution < -0.4 is 10.1 Å². The summed E-state index contributed by atoms with van der Waals surface area (Å²) in [6.07, 6.45) is 0. The zero-order chi connectivity index (χ0) is 20.1. The molecule has 0 saturated carbocycles. The molecule has 0 atom stereocenters. The summed E-state index contributed by atoms with van der Waals surface area (Å²) in [6, 6.07) is 18.1. The molecule has 144 valence electrons. The van der Waals surface area contributed by atoms with Crippen molar-refractivity contribution >= 4 is 17.6 Å². The Morgan fingerprint density at radius 3 is 2.29 bits per heavy atom. The monoisotopic (exact) mass is 378 g/mol. The summed E-state index contributed by atoms with van der Waals surface area (Å²) in [5, 5.41) is 2.66. The Morgan fingerprint density at radius 1 is 0.964 bits per heavy atom. The average molecular weight is 378 g/mol. The van der Waals surface area contributed by atoms with Crippen molar-refractivity contribution in [2.75, 3.05) is 19.0 Å². The molecule has 1 heterocycles. The number of ether oxygens (including phenoxy) is 2. The van der Waals surface area contributed by atoms with Gasteiger partial charge in [-0.05, 0) is 62.4 Å². The number of aryl methyl sites for hydroxylation is 2. The highest BCUT2D eigenvalue weighted by atomic mass is 16.5. The topological polar surface area (TPSA) is 69.6 Å². The van der Waals surface area contributed by atoms with E-state index >= 15 is 0 Å². The van der Waals surface area contributed by atoms with Crippen molar-refractivity contribution in [2.24, 2.45) is 0 Å². The Labute approximate surface area is 163 Å². The Kier molecular flexibility index (Phi) is 5.79. The highest BCUT2D eigenvalue weighted by Gasteiger charge is 2.12. The summed E-state index contributed by atoms with van der Waals surface area (Å²) in [5.74, 6) is -0.340. The third kappa shape index (κ3) is 4.40. The second kappa shape index (κ2) is 8.43. The predicted molar refractivity (Wildman–Crippen MR) is 107 cm³/mol. The molecule has 0 fully saturated rings. The highest BCUT2D eigenvalue weighted by Crippen LogP contribution is 2.18. The van der Waals surface area contributed by atoms with Crippen LogP contribution in [-0.2, 0) is 9.53 Å². The van der Waals surface area contributed by atoms with Crippen LogP contribution in [0, 0.1) is 13.8 Å². The average Bonchev–Trinajstić information content (AvgIpc) is 3.04. The third-order valence-electron chi connectivity index (χ3n) is 4.32. The Bertz CT molecular complexity index is 971. The molecular weight excluding hydrogens is 356 g/mol. The molecule has 3 rings (SSSR count). The molecule has 6 heteroatoms. The molecule has 0 bridgehead atoms. The van der Waals surface area contributed by atoms with Crippen molar-refractivity contribution in [1.29, 1.82) is 0 Å². The number of carbonyl (C=O) groups is 2. The van der Waals surface area contributed by atoms with Crippen LogP contribution in [0.4, 0.5) is 5.69 Å². The van der Waals surface area contributed by atoms with Gasteiger partial charge in [-0.2, -0.15) is 0 Å². The number of aromatic nitrogens is 1. The molecule has 0 aliphatic heterocycles.